The highest BCUT2D eigenvalue weighted by molar-refractivity contribution is 9.10. The average molecular weight is 337 g/mol. The minimum absolute atomic E-state index is 0.278. The van der Waals surface area contributed by atoms with E-state index in [2.05, 4.69) is 47.1 Å². The van der Waals surface area contributed by atoms with Crippen LogP contribution in [0.1, 0.15) is 23.1 Å². The molecule has 0 aliphatic carbocycles. The predicted octanol–water partition coefficient (Wildman–Crippen LogP) is 4.43. The lowest BCUT2D eigenvalue weighted by Crippen LogP contribution is -2.11. The first-order chi connectivity index (χ1) is 9.52. The van der Waals surface area contributed by atoms with Gasteiger partial charge in [-0.15, -0.1) is 0 Å². The van der Waals surface area contributed by atoms with Crippen molar-refractivity contribution in [1.29, 1.82) is 0 Å². The Hall–Kier alpha value is -1.19. The highest BCUT2D eigenvalue weighted by atomic mass is 79.9. The summed E-state index contributed by atoms with van der Waals surface area (Å²) in [5, 5.41) is 10.1. The van der Waals surface area contributed by atoms with Crippen molar-refractivity contribution in [2.45, 2.75) is 32.3 Å². The van der Waals surface area contributed by atoms with Crippen molar-refractivity contribution in [1.82, 2.24) is 0 Å². The molecule has 1 N–H and O–H groups in total. The zero-order chi connectivity index (χ0) is 14.5. The monoisotopic (exact) mass is 336 g/mol. The van der Waals surface area contributed by atoms with Crippen LogP contribution >= 0.6 is 15.9 Å². The molecule has 20 heavy (non-hydrogen) atoms. The molecule has 2 aromatic rings. The third-order valence-corrected chi connectivity index (χ3v) is 3.74. The topological polar surface area (TPSA) is 20.2 Å². The number of hydrogen-bond donors (Lipinski definition) is 1. The van der Waals surface area contributed by atoms with Gasteiger partial charge in [-0.2, -0.15) is 0 Å². The van der Waals surface area contributed by atoms with Crippen LogP contribution in [-0.4, -0.2) is 11.2 Å². The predicted molar refractivity (Wildman–Crippen MR) is 83.3 cm³/mol. The van der Waals surface area contributed by atoms with Crippen molar-refractivity contribution in [3.8, 4) is 0 Å². The lowest BCUT2D eigenvalue weighted by molar-refractivity contribution is 0.165. The molecule has 3 heteroatoms. The summed E-state index contributed by atoms with van der Waals surface area (Å²) >= 11 is 3.26. The van der Waals surface area contributed by atoms with Gasteiger partial charge in [-0.3, -0.25) is 0 Å². The first-order valence-corrected chi connectivity index (χ1v) is 7.51. The molecule has 106 valence electrons. The molecule has 2 aromatic carbocycles. The maximum absolute atomic E-state index is 13.3. The normalized spacial score (nSPS) is 12.4. The Morgan fingerprint density at radius 3 is 2.45 bits per heavy atom. The maximum Gasteiger partial charge on any atom is 0.124 e. The van der Waals surface area contributed by atoms with Crippen LogP contribution in [0.15, 0.2) is 46.9 Å². The van der Waals surface area contributed by atoms with Crippen molar-refractivity contribution in [3.63, 3.8) is 0 Å². The first-order valence-electron chi connectivity index (χ1n) is 6.71. The molecule has 1 unspecified atom stereocenters. The average Bonchev–Trinajstić information content (AvgIpc) is 2.37. The molecule has 0 fully saturated rings. The third kappa shape index (κ3) is 4.73. The number of aliphatic hydroxyl groups excluding tert-OH is 1. The van der Waals surface area contributed by atoms with Crippen molar-refractivity contribution >= 4 is 15.9 Å². The summed E-state index contributed by atoms with van der Waals surface area (Å²) < 4.78 is 14.0. The SMILES string of the molecule is Cc1ccc(CCC(O)Cc2cc(F)cc(Br)c2)cc1. The molecule has 0 aromatic heterocycles. The van der Waals surface area contributed by atoms with Gasteiger partial charge in [-0.1, -0.05) is 45.8 Å². The highest BCUT2D eigenvalue weighted by Gasteiger charge is 2.08. The second-order valence-electron chi connectivity index (χ2n) is 5.16. The van der Waals surface area contributed by atoms with Crippen LogP contribution in [0.5, 0.6) is 0 Å². The second kappa shape index (κ2) is 7.00. The van der Waals surface area contributed by atoms with E-state index in [-0.39, 0.29) is 5.82 Å². The smallest absolute Gasteiger partial charge is 0.124 e. The van der Waals surface area contributed by atoms with Crippen molar-refractivity contribution in [2.75, 3.05) is 0 Å². The van der Waals surface area contributed by atoms with Crippen LogP contribution in [0.4, 0.5) is 4.39 Å². The van der Waals surface area contributed by atoms with Gasteiger partial charge in [0.25, 0.3) is 0 Å². The zero-order valence-electron chi connectivity index (χ0n) is 11.4. The lowest BCUT2D eigenvalue weighted by atomic mass is 10.0. The Kier molecular flexibility index (Phi) is 5.32. The van der Waals surface area contributed by atoms with Crippen LogP contribution in [0, 0.1) is 12.7 Å². The molecular weight excluding hydrogens is 319 g/mol. The molecule has 0 heterocycles. The Morgan fingerprint density at radius 1 is 1.10 bits per heavy atom. The maximum atomic E-state index is 13.3. The molecule has 0 saturated carbocycles. The van der Waals surface area contributed by atoms with Crippen LogP contribution in [0.25, 0.3) is 0 Å². The second-order valence-corrected chi connectivity index (χ2v) is 6.08. The summed E-state index contributed by atoms with van der Waals surface area (Å²) in [5.74, 6) is -0.278. The summed E-state index contributed by atoms with van der Waals surface area (Å²) in [6.45, 7) is 2.06. The lowest BCUT2D eigenvalue weighted by Gasteiger charge is -2.11. The Labute approximate surface area is 127 Å². The molecule has 0 bridgehead atoms. The van der Waals surface area contributed by atoms with Gasteiger partial charge in [0, 0.05) is 4.47 Å². The molecule has 1 nitrogen and oxygen atoms in total. The van der Waals surface area contributed by atoms with E-state index >= 15 is 0 Å². The minimum Gasteiger partial charge on any atom is -0.393 e. The van der Waals surface area contributed by atoms with E-state index in [1.807, 2.05) is 6.07 Å². The third-order valence-electron chi connectivity index (χ3n) is 3.28. The van der Waals surface area contributed by atoms with Gasteiger partial charge in [0.05, 0.1) is 6.10 Å². The van der Waals surface area contributed by atoms with Gasteiger partial charge in [0.1, 0.15) is 5.82 Å². The highest BCUT2D eigenvalue weighted by Crippen LogP contribution is 2.17. The van der Waals surface area contributed by atoms with E-state index in [4.69, 9.17) is 0 Å². The number of rotatable bonds is 5. The number of hydrogen-bond acceptors (Lipinski definition) is 1. The standard InChI is InChI=1S/C17H18BrFO/c1-12-2-4-13(5-3-12)6-7-17(20)10-14-8-15(18)11-16(19)9-14/h2-5,8-9,11,17,20H,6-7,10H2,1H3. The number of halogens is 2. The zero-order valence-corrected chi connectivity index (χ0v) is 13.0. The summed E-state index contributed by atoms with van der Waals surface area (Å²) in [4.78, 5) is 0. The van der Waals surface area contributed by atoms with Crippen LogP contribution in [0.3, 0.4) is 0 Å². The van der Waals surface area contributed by atoms with Gasteiger partial charge in [0.2, 0.25) is 0 Å². The van der Waals surface area contributed by atoms with Crippen LogP contribution in [-0.2, 0) is 12.8 Å². The Bertz CT molecular complexity index is 545. The Morgan fingerprint density at radius 2 is 1.80 bits per heavy atom. The fraction of sp³-hybridized carbons (Fsp3) is 0.294. The van der Waals surface area contributed by atoms with Crippen molar-refractivity contribution in [2.24, 2.45) is 0 Å². The quantitative estimate of drug-likeness (QED) is 0.856. The molecular formula is C17H18BrFO. The number of aliphatic hydroxyl groups is 1. The van der Waals surface area contributed by atoms with Crippen molar-refractivity contribution in [3.05, 3.63) is 69.4 Å². The van der Waals surface area contributed by atoms with Gasteiger partial charge in [-0.25, -0.2) is 4.39 Å². The molecule has 0 spiro atoms. The fourth-order valence-electron chi connectivity index (χ4n) is 2.19. The number of benzene rings is 2. The van der Waals surface area contributed by atoms with Gasteiger partial charge < -0.3 is 5.11 Å². The first kappa shape index (κ1) is 15.2. The molecule has 0 saturated heterocycles. The summed E-state index contributed by atoms with van der Waals surface area (Å²) in [5.41, 5.74) is 3.27. The van der Waals surface area contributed by atoms with Gasteiger partial charge in [-0.05, 0) is 55.5 Å². The van der Waals surface area contributed by atoms with E-state index in [0.717, 1.165) is 12.0 Å². The molecule has 0 radical (unpaired) electrons. The summed E-state index contributed by atoms with van der Waals surface area (Å²) in [6.07, 6.45) is 1.53. The van der Waals surface area contributed by atoms with Crippen LogP contribution in [0.2, 0.25) is 0 Å². The van der Waals surface area contributed by atoms with Crippen LogP contribution < -0.4 is 0 Å². The molecule has 0 aliphatic heterocycles. The van der Waals surface area contributed by atoms with E-state index in [1.54, 1.807) is 0 Å². The van der Waals surface area contributed by atoms with E-state index in [1.165, 1.54) is 23.3 Å². The summed E-state index contributed by atoms with van der Waals surface area (Å²) in [6, 6.07) is 13.1. The van der Waals surface area contributed by atoms with Gasteiger partial charge in [0.15, 0.2) is 0 Å². The van der Waals surface area contributed by atoms with E-state index < -0.39 is 6.10 Å². The van der Waals surface area contributed by atoms with E-state index in [9.17, 15) is 9.50 Å². The number of aryl methyl sites for hydroxylation is 2. The molecule has 0 aliphatic rings. The largest absolute Gasteiger partial charge is 0.393 e. The fourth-order valence-corrected chi connectivity index (χ4v) is 2.70. The van der Waals surface area contributed by atoms with E-state index in [0.29, 0.717) is 17.3 Å². The van der Waals surface area contributed by atoms with Gasteiger partial charge >= 0.3 is 0 Å². The van der Waals surface area contributed by atoms with Crippen molar-refractivity contribution < 1.29 is 9.50 Å². The molecule has 2 rings (SSSR count). The minimum atomic E-state index is -0.454. The molecule has 0 amide bonds. The summed E-state index contributed by atoms with van der Waals surface area (Å²) in [7, 11) is 0. The Balaban J connectivity index is 1.88. The molecule has 1 atom stereocenters.